The van der Waals surface area contributed by atoms with E-state index in [9.17, 15) is 4.79 Å². The van der Waals surface area contributed by atoms with Gasteiger partial charge in [-0.05, 0) is 31.9 Å². The molecule has 106 valence electrons. The SMILES string of the molecule is CCN(Cc1ccc(Cl)s1)C(=O)C1CCC(CN)O1. The lowest BCUT2D eigenvalue weighted by molar-refractivity contribution is -0.143. The molecule has 0 bridgehead atoms. The maximum Gasteiger partial charge on any atom is 0.252 e. The molecule has 1 amide bonds. The molecule has 2 rings (SSSR count). The zero-order chi connectivity index (χ0) is 13.8. The molecule has 1 saturated heterocycles. The summed E-state index contributed by atoms with van der Waals surface area (Å²) in [5, 5.41) is 0. The molecule has 2 atom stereocenters. The molecule has 1 aliphatic heterocycles. The van der Waals surface area contributed by atoms with Crippen LogP contribution < -0.4 is 5.73 Å². The van der Waals surface area contributed by atoms with Gasteiger partial charge in [0.2, 0.25) is 0 Å². The van der Waals surface area contributed by atoms with Crippen molar-refractivity contribution < 1.29 is 9.53 Å². The Bertz CT molecular complexity index is 438. The van der Waals surface area contributed by atoms with E-state index in [1.165, 1.54) is 11.3 Å². The van der Waals surface area contributed by atoms with Crippen LogP contribution in [-0.2, 0) is 16.1 Å². The molecule has 1 aromatic rings. The van der Waals surface area contributed by atoms with Gasteiger partial charge in [0.05, 0.1) is 17.0 Å². The Morgan fingerprint density at radius 1 is 1.58 bits per heavy atom. The van der Waals surface area contributed by atoms with Crippen LogP contribution in [0.2, 0.25) is 4.34 Å². The molecule has 0 radical (unpaired) electrons. The molecule has 2 N–H and O–H groups in total. The molecule has 2 heterocycles. The van der Waals surface area contributed by atoms with Crippen molar-refractivity contribution in [3.63, 3.8) is 0 Å². The number of rotatable bonds is 5. The van der Waals surface area contributed by atoms with Gasteiger partial charge in [0.25, 0.3) is 5.91 Å². The number of amides is 1. The minimum Gasteiger partial charge on any atom is -0.364 e. The lowest BCUT2D eigenvalue weighted by Gasteiger charge is -2.23. The van der Waals surface area contributed by atoms with Gasteiger partial charge in [-0.25, -0.2) is 0 Å². The van der Waals surface area contributed by atoms with Crippen LogP contribution in [0, 0.1) is 0 Å². The van der Waals surface area contributed by atoms with Crippen LogP contribution in [0.4, 0.5) is 0 Å². The minimum absolute atomic E-state index is 0.0313. The van der Waals surface area contributed by atoms with Crippen molar-refractivity contribution in [2.75, 3.05) is 13.1 Å². The lowest BCUT2D eigenvalue weighted by Crippen LogP contribution is -2.39. The van der Waals surface area contributed by atoms with Crippen LogP contribution in [-0.4, -0.2) is 36.1 Å². The summed E-state index contributed by atoms with van der Waals surface area (Å²) >= 11 is 7.42. The van der Waals surface area contributed by atoms with E-state index in [2.05, 4.69) is 0 Å². The van der Waals surface area contributed by atoms with E-state index in [4.69, 9.17) is 22.1 Å². The van der Waals surface area contributed by atoms with Crippen molar-refractivity contribution in [1.82, 2.24) is 4.90 Å². The van der Waals surface area contributed by atoms with Gasteiger partial charge in [-0.1, -0.05) is 11.6 Å². The van der Waals surface area contributed by atoms with Gasteiger partial charge in [0, 0.05) is 18.0 Å². The molecule has 0 aliphatic carbocycles. The predicted molar refractivity (Wildman–Crippen MR) is 77.4 cm³/mol. The average molecular weight is 303 g/mol. The highest BCUT2D eigenvalue weighted by Gasteiger charge is 2.32. The number of hydrogen-bond donors (Lipinski definition) is 1. The van der Waals surface area contributed by atoms with E-state index in [0.29, 0.717) is 19.6 Å². The summed E-state index contributed by atoms with van der Waals surface area (Å²) in [6.45, 7) is 3.72. The van der Waals surface area contributed by atoms with Crippen LogP contribution in [0.5, 0.6) is 0 Å². The van der Waals surface area contributed by atoms with Crippen molar-refractivity contribution in [2.45, 2.75) is 38.5 Å². The van der Waals surface area contributed by atoms with Crippen LogP contribution in [0.3, 0.4) is 0 Å². The Hall–Kier alpha value is -0.620. The molecular weight excluding hydrogens is 284 g/mol. The molecule has 6 heteroatoms. The minimum atomic E-state index is -0.330. The number of nitrogens with zero attached hydrogens (tertiary/aromatic N) is 1. The molecule has 1 aromatic heterocycles. The molecule has 19 heavy (non-hydrogen) atoms. The van der Waals surface area contributed by atoms with Crippen LogP contribution >= 0.6 is 22.9 Å². The van der Waals surface area contributed by atoms with E-state index < -0.39 is 0 Å². The smallest absolute Gasteiger partial charge is 0.252 e. The van der Waals surface area contributed by atoms with Crippen molar-refractivity contribution in [2.24, 2.45) is 5.73 Å². The molecule has 0 aromatic carbocycles. The maximum absolute atomic E-state index is 12.4. The van der Waals surface area contributed by atoms with E-state index in [-0.39, 0.29) is 18.1 Å². The monoisotopic (exact) mass is 302 g/mol. The zero-order valence-electron chi connectivity index (χ0n) is 11.0. The first-order chi connectivity index (χ1) is 9.13. The Kier molecular flexibility index (Phi) is 5.21. The number of likely N-dealkylation sites (N-methyl/N-ethyl adjacent to an activating group) is 1. The predicted octanol–water partition coefficient (Wildman–Crippen LogP) is 2.26. The van der Waals surface area contributed by atoms with Gasteiger partial charge in [0.15, 0.2) is 0 Å². The summed E-state index contributed by atoms with van der Waals surface area (Å²) in [5.74, 6) is 0.0583. The highest BCUT2D eigenvalue weighted by molar-refractivity contribution is 7.16. The summed E-state index contributed by atoms with van der Waals surface area (Å²) in [7, 11) is 0. The fourth-order valence-electron chi connectivity index (χ4n) is 2.23. The van der Waals surface area contributed by atoms with E-state index >= 15 is 0 Å². The van der Waals surface area contributed by atoms with Crippen LogP contribution in [0.15, 0.2) is 12.1 Å². The summed E-state index contributed by atoms with van der Waals surface area (Å²) in [5.41, 5.74) is 5.57. The van der Waals surface area contributed by atoms with Gasteiger partial charge in [-0.3, -0.25) is 4.79 Å². The molecule has 1 aliphatic rings. The first-order valence-electron chi connectivity index (χ1n) is 6.52. The Balaban J connectivity index is 1.95. The van der Waals surface area contributed by atoms with Crippen molar-refractivity contribution >= 4 is 28.8 Å². The number of hydrogen-bond acceptors (Lipinski definition) is 4. The average Bonchev–Trinajstić information content (AvgIpc) is 3.04. The number of carbonyl (C=O) groups is 1. The van der Waals surface area contributed by atoms with Gasteiger partial charge in [0.1, 0.15) is 6.10 Å². The molecular formula is C13H19ClN2O2S. The number of carbonyl (C=O) groups excluding carboxylic acids is 1. The normalized spacial score (nSPS) is 22.7. The first-order valence-corrected chi connectivity index (χ1v) is 7.72. The van der Waals surface area contributed by atoms with E-state index in [0.717, 1.165) is 22.1 Å². The summed E-state index contributed by atoms with van der Waals surface area (Å²) < 4.78 is 6.41. The van der Waals surface area contributed by atoms with Crippen LogP contribution in [0.1, 0.15) is 24.6 Å². The highest BCUT2D eigenvalue weighted by Crippen LogP contribution is 2.25. The third kappa shape index (κ3) is 3.69. The van der Waals surface area contributed by atoms with Gasteiger partial charge in [-0.2, -0.15) is 0 Å². The Morgan fingerprint density at radius 3 is 2.89 bits per heavy atom. The lowest BCUT2D eigenvalue weighted by atomic mass is 10.2. The highest BCUT2D eigenvalue weighted by atomic mass is 35.5. The third-order valence-corrected chi connectivity index (χ3v) is 4.53. The molecule has 2 unspecified atom stereocenters. The Morgan fingerprint density at radius 2 is 2.37 bits per heavy atom. The van der Waals surface area contributed by atoms with E-state index in [1.807, 2.05) is 24.0 Å². The molecule has 4 nitrogen and oxygen atoms in total. The maximum atomic E-state index is 12.4. The van der Waals surface area contributed by atoms with Gasteiger partial charge in [-0.15, -0.1) is 11.3 Å². The number of halogens is 1. The van der Waals surface area contributed by atoms with Crippen LogP contribution in [0.25, 0.3) is 0 Å². The zero-order valence-corrected chi connectivity index (χ0v) is 12.5. The quantitative estimate of drug-likeness (QED) is 0.907. The first kappa shape index (κ1) is 14.8. The molecule has 0 saturated carbocycles. The topological polar surface area (TPSA) is 55.6 Å². The fraction of sp³-hybridized carbons (Fsp3) is 0.615. The molecule has 0 spiro atoms. The summed E-state index contributed by atoms with van der Waals surface area (Å²) in [6.07, 6.45) is 1.34. The number of ether oxygens (including phenoxy) is 1. The molecule has 1 fully saturated rings. The van der Waals surface area contributed by atoms with Crippen molar-refractivity contribution in [1.29, 1.82) is 0 Å². The number of thiophene rings is 1. The van der Waals surface area contributed by atoms with Gasteiger partial charge < -0.3 is 15.4 Å². The standard InChI is InChI=1S/C13H19ClN2O2S/c1-2-16(8-10-4-6-12(14)19-10)13(17)11-5-3-9(7-15)18-11/h4,6,9,11H,2-3,5,7-8,15H2,1H3. The number of nitrogens with two attached hydrogens (primary N) is 1. The summed E-state index contributed by atoms with van der Waals surface area (Å²) in [4.78, 5) is 15.3. The fourth-order valence-corrected chi connectivity index (χ4v) is 3.34. The van der Waals surface area contributed by atoms with Crippen molar-refractivity contribution in [3.05, 3.63) is 21.3 Å². The second kappa shape index (κ2) is 6.70. The van der Waals surface area contributed by atoms with Gasteiger partial charge >= 0.3 is 0 Å². The summed E-state index contributed by atoms with van der Waals surface area (Å²) in [6, 6.07) is 3.82. The third-order valence-electron chi connectivity index (χ3n) is 3.31. The second-order valence-corrected chi connectivity index (χ2v) is 6.42. The second-order valence-electron chi connectivity index (χ2n) is 4.62. The largest absolute Gasteiger partial charge is 0.364 e. The van der Waals surface area contributed by atoms with E-state index in [1.54, 1.807) is 0 Å². The van der Waals surface area contributed by atoms with Crippen molar-refractivity contribution in [3.8, 4) is 0 Å². The Labute approximate surface area is 122 Å².